The number of piperazine rings is 1. The highest BCUT2D eigenvalue weighted by Gasteiger charge is 2.36. The minimum atomic E-state index is -0.0505. The van der Waals surface area contributed by atoms with E-state index in [0.717, 1.165) is 92.2 Å². The fraction of sp³-hybridized carbons (Fsp3) is 0.469. The first-order chi connectivity index (χ1) is 20.1. The Labute approximate surface area is 241 Å². The van der Waals surface area contributed by atoms with Gasteiger partial charge in [0, 0.05) is 65.2 Å². The van der Waals surface area contributed by atoms with Crippen LogP contribution in [0.4, 0.5) is 23.0 Å². The van der Waals surface area contributed by atoms with Gasteiger partial charge in [0.1, 0.15) is 11.6 Å². The van der Waals surface area contributed by atoms with Gasteiger partial charge < -0.3 is 30.1 Å². The molecular weight excluding hydrogens is 514 g/mol. The number of amides is 1. The van der Waals surface area contributed by atoms with Crippen LogP contribution in [-0.2, 0) is 11.3 Å². The Hall–Kier alpha value is -3.69. The van der Waals surface area contributed by atoms with Crippen molar-refractivity contribution in [3.8, 4) is 11.1 Å². The van der Waals surface area contributed by atoms with E-state index >= 15 is 0 Å². The molecule has 1 amide bonds. The van der Waals surface area contributed by atoms with E-state index in [0.29, 0.717) is 17.5 Å². The van der Waals surface area contributed by atoms with Gasteiger partial charge in [-0.1, -0.05) is 6.07 Å². The van der Waals surface area contributed by atoms with E-state index in [1.54, 1.807) is 0 Å². The molecule has 3 saturated heterocycles. The summed E-state index contributed by atoms with van der Waals surface area (Å²) < 4.78 is 5.62. The topological polar surface area (TPSA) is 85.9 Å². The molecule has 0 bridgehead atoms. The number of hydrogen-bond donors (Lipinski definition) is 2. The molecule has 9 heteroatoms. The van der Waals surface area contributed by atoms with Crippen LogP contribution in [0.15, 0.2) is 48.8 Å². The summed E-state index contributed by atoms with van der Waals surface area (Å²) in [5.41, 5.74) is 6.25. The van der Waals surface area contributed by atoms with Crippen LogP contribution in [0.5, 0.6) is 0 Å². The number of nitrogens with zero attached hydrogens (tertiary/aromatic N) is 5. The van der Waals surface area contributed by atoms with E-state index in [1.165, 1.54) is 25.7 Å². The first kappa shape index (κ1) is 26.2. The Morgan fingerprint density at radius 1 is 0.902 bits per heavy atom. The van der Waals surface area contributed by atoms with Crippen LogP contribution >= 0.6 is 0 Å². The number of likely N-dealkylation sites (N-methyl/N-ethyl adjacent to an activating group) is 1. The van der Waals surface area contributed by atoms with Gasteiger partial charge in [0.15, 0.2) is 0 Å². The van der Waals surface area contributed by atoms with Crippen LogP contribution in [0.1, 0.15) is 41.6 Å². The Kier molecular flexibility index (Phi) is 7.00. The number of pyridine rings is 2. The molecule has 6 heterocycles. The molecular formula is C32H39N7O2. The van der Waals surface area contributed by atoms with Gasteiger partial charge in [0.05, 0.1) is 23.1 Å². The van der Waals surface area contributed by atoms with E-state index in [-0.39, 0.29) is 5.91 Å². The van der Waals surface area contributed by atoms with Crippen molar-refractivity contribution in [1.29, 1.82) is 0 Å². The van der Waals surface area contributed by atoms with Crippen LogP contribution < -0.4 is 20.4 Å². The average molecular weight is 554 g/mol. The number of carbonyl (C=O) groups is 1. The average Bonchev–Trinajstić information content (AvgIpc) is 3.41. The van der Waals surface area contributed by atoms with Crippen LogP contribution in [-0.4, -0.2) is 80.3 Å². The van der Waals surface area contributed by atoms with Gasteiger partial charge in [-0.25, -0.2) is 9.97 Å². The zero-order valence-electron chi connectivity index (χ0n) is 23.9. The molecule has 41 heavy (non-hydrogen) atoms. The molecule has 0 unspecified atom stereocenters. The van der Waals surface area contributed by atoms with Crippen LogP contribution in [0.3, 0.4) is 0 Å². The zero-order chi connectivity index (χ0) is 27.8. The maximum absolute atomic E-state index is 13.0. The maximum atomic E-state index is 13.0. The molecule has 2 N–H and O–H groups in total. The first-order valence-corrected chi connectivity index (χ1v) is 15.0. The fourth-order valence-corrected chi connectivity index (χ4v) is 6.85. The molecule has 0 radical (unpaired) electrons. The van der Waals surface area contributed by atoms with Crippen molar-refractivity contribution < 1.29 is 9.53 Å². The van der Waals surface area contributed by atoms with Crippen molar-refractivity contribution >= 4 is 28.9 Å². The van der Waals surface area contributed by atoms with E-state index in [4.69, 9.17) is 9.72 Å². The van der Waals surface area contributed by atoms with Crippen molar-refractivity contribution in [2.45, 2.75) is 32.2 Å². The fourth-order valence-electron chi connectivity index (χ4n) is 6.85. The zero-order valence-corrected chi connectivity index (χ0v) is 23.9. The lowest BCUT2D eigenvalue weighted by atomic mass is 9.72. The van der Waals surface area contributed by atoms with Crippen molar-refractivity contribution in [3.63, 3.8) is 0 Å². The second-order valence-electron chi connectivity index (χ2n) is 12.0. The van der Waals surface area contributed by atoms with Gasteiger partial charge in [-0.3, -0.25) is 4.79 Å². The number of benzene rings is 1. The molecule has 2 aromatic heterocycles. The van der Waals surface area contributed by atoms with Crippen molar-refractivity contribution in [2.75, 3.05) is 74.6 Å². The molecule has 0 atom stereocenters. The number of nitrogens with one attached hydrogen (secondary N) is 2. The van der Waals surface area contributed by atoms with Crippen LogP contribution in [0.2, 0.25) is 0 Å². The third kappa shape index (κ3) is 5.24. The van der Waals surface area contributed by atoms with Crippen molar-refractivity contribution in [3.05, 3.63) is 59.9 Å². The predicted molar refractivity (Wildman–Crippen MR) is 162 cm³/mol. The normalized spacial score (nSPS) is 20.7. The Bertz CT molecular complexity index is 1400. The Balaban J connectivity index is 1.09. The van der Waals surface area contributed by atoms with Crippen molar-refractivity contribution in [1.82, 2.24) is 20.2 Å². The lowest BCUT2D eigenvalue weighted by Gasteiger charge is -2.44. The molecule has 1 aromatic carbocycles. The van der Waals surface area contributed by atoms with Gasteiger partial charge in [0.25, 0.3) is 5.91 Å². The summed E-state index contributed by atoms with van der Waals surface area (Å²) in [5, 5.41) is 6.46. The number of rotatable bonds is 5. The summed E-state index contributed by atoms with van der Waals surface area (Å²) in [7, 11) is 2.16. The summed E-state index contributed by atoms with van der Waals surface area (Å²) in [6, 6.07) is 12.5. The Morgan fingerprint density at radius 3 is 2.46 bits per heavy atom. The van der Waals surface area contributed by atoms with Crippen LogP contribution in [0.25, 0.3) is 11.1 Å². The largest absolute Gasteiger partial charge is 0.381 e. The summed E-state index contributed by atoms with van der Waals surface area (Å²) in [6.45, 7) is 8.48. The molecule has 3 aromatic rings. The number of aromatic nitrogens is 2. The third-order valence-corrected chi connectivity index (χ3v) is 9.60. The van der Waals surface area contributed by atoms with Gasteiger partial charge in [0.2, 0.25) is 0 Å². The molecule has 4 aliphatic rings. The van der Waals surface area contributed by atoms with E-state index in [1.807, 2.05) is 24.5 Å². The van der Waals surface area contributed by atoms with Gasteiger partial charge in [-0.2, -0.15) is 0 Å². The summed E-state index contributed by atoms with van der Waals surface area (Å²) in [4.78, 5) is 29.5. The summed E-state index contributed by atoms with van der Waals surface area (Å²) in [6.07, 6.45) is 8.57. The molecule has 214 valence electrons. The highest BCUT2D eigenvalue weighted by molar-refractivity contribution is 6.06. The van der Waals surface area contributed by atoms with E-state index in [2.05, 4.69) is 61.6 Å². The molecule has 3 fully saturated rings. The van der Waals surface area contributed by atoms with Crippen LogP contribution in [0, 0.1) is 5.41 Å². The van der Waals surface area contributed by atoms with Gasteiger partial charge >= 0.3 is 0 Å². The quantitative estimate of drug-likeness (QED) is 0.485. The molecule has 7 rings (SSSR count). The SMILES string of the molecule is CN1CCN(c2ccc(Nc3ccc(-c4ccnc(N5CCC6(CCOCC6)CC5)c4)c4c3C(=O)NC4)nc2)CC1. The van der Waals surface area contributed by atoms with Crippen molar-refractivity contribution in [2.24, 2.45) is 5.41 Å². The highest BCUT2D eigenvalue weighted by atomic mass is 16.5. The number of piperidine rings is 1. The monoisotopic (exact) mass is 553 g/mol. The minimum absolute atomic E-state index is 0.0505. The molecule has 9 nitrogen and oxygen atoms in total. The molecule has 0 saturated carbocycles. The lowest BCUT2D eigenvalue weighted by molar-refractivity contribution is 0.00206. The second-order valence-corrected chi connectivity index (χ2v) is 12.0. The van der Waals surface area contributed by atoms with Gasteiger partial charge in [-0.15, -0.1) is 0 Å². The first-order valence-electron chi connectivity index (χ1n) is 15.0. The number of hydrogen-bond acceptors (Lipinski definition) is 8. The van der Waals surface area contributed by atoms with E-state index in [9.17, 15) is 4.79 Å². The smallest absolute Gasteiger partial charge is 0.254 e. The summed E-state index contributed by atoms with van der Waals surface area (Å²) >= 11 is 0. The maximum Gasteiger partial charge on any atom is 0.254 e. The number of anilines is 4. The number of carbonyl (C=O) groups excluding carboxylic acids is 1. The summed E-state index contributed by atoms with van der Waals surface area (Å²) in [5.74, 6) is 1.70. The highest BCUT2D eigenvalue weighted by Crippen LogP contribution is 2.42. The second kappa shape index (κ2) is 10.9. The number of ether oxygens (including phenoxy) is 1. The van der Waals surface area contributed by atoms with E-state index < -0.39 is 0 Å². The standard InChI is InChI=1S/C32H39N7O2/c1-37-14-16-38(17-15-37)24-2-5-28(34-21-24)36-27-4-3-25(26-22-35-31(40)30(26)27)23-6-11-33-29(20-23)39-12-7-32(8-13-39)9-18-41-19-10-32/h2-6,11,20-21H,7-10,12-19,22H2,1H3,(H,34,36)(H,35,40). The minimum Gasteiger partial charge on any atom is -0.381 e. The predicted octanol–water partition coefficient (Wildman–Crippen LogP) is 4.28. The molecule has 4 aliphatic heterocycles. The third-order valence-electron chi connectivity index (χ3n) is 9.60. The molecule has 0 aliphatic carbocycles. The molecule has 1 spiro atoms. The Morgan fingerprint density at radius 2 is 1.71 bits per heavy atom. The van der Waals surface area contributed by atoms with Gasteiger partial charge in [-0.05, 0) is 85.2 Å². The lowest BCUT2D eigenvalue weighted by Crippen LogP contribution is -2.44. The number of fused-ring (bicyclic) bond motifs is 1.